The second kappa shape index (κ2) is 7.90. The summed E-state index contributed by atoms with van der Waals surface area (Å²) < 4.78 is 0. The predicted octanol–water partition coefficient (Wildman–Crippen LogP) is 2.24. The van der Waals surface area contributed by atoms with Gasteiger partial charge in [0.25, 0.3) is 0 Å². The van der Waals surface area contributed by atoms with E-state index >= 15 is 0 Å². The maximum absolute atomic E-state index is 12.6. The van der Waals surface area contributed by atoms with Crippen LogP contribution in [0.1, 0.15) is 51.5 Å². The lowest BCUT2D eigenvalue weighted by Crippen LogP contribution is -2.60. The Hall–Kier alpha value is -1.43. The van der Waals surface area contributed by atoms with E-state index in [4.69, 9.17) is 0 Å². The van der Waals surface area contributed by atoms with Gasteiger partial charge in [-0.25, -0.2) is 0 Å². The number of hydrogen-bond donors (Lipinski definition) is 4. The highest BCUT2D eigenvalue weighted by Gasteiger charge is 2.58. The third kappa shape index (κ3) is 3.78. The van der Waals surface area contributed by atoms with E-state index in [0.717, 1.165) is 18.4 Å². The minimum Gasteiger partial charge on any atom is -0.396 e. The van der Waals surface area contributed by atoms with Gasteiger partial charge in [-0.15, -0.1) is 0 Å². The van der Waals surface area contributed by atoms with Crippen molar-refractivity contribution in [1.82, 2.24) is 5.32 Å². The Labute approximate surface area is 161 Å². The van der Waals surface area contributed by atoms with E-state index in [1.54, 1.807) is 0 Å². The summed E-state index contributed by atoms with van der Waals surface area (Å²) >= 11 is 0. The van der Waals surface area contributed by atoms with Gasteiger partial charge in [0, 0.05) is 18.4 Å². The van der Waals surface area contributed by atoms with Gasteiger partial charge >= 0.3 is 0 Å². The van der Waals surface area contributed by atoms with Gasteiger partial charge in [0.05, 0.1) is 18.8 Å². The highest BCUT2D eigenvalue weighted by Crippen LogP contribution is 2.60. The van der Waals surface area contributed by atoms with Crippen molar-refractivity contribution >= 4 is 5.91 Å². The van der Waals surface area contributed by atoms with Crippen molar-refractivity contribution in [3.05, 3.63) is 35.9 Å². The molecule has 0 saturated heterocycles. The maximum Gasteiger partial charge on any atom is 0.220 e. The van der Waals surface area contributed by atoms with Crippen LogP contribution in [0.3, 0.4) is 0 Å². The van der Waals surface area contributed by atoms with Gasteiger partial charge in [-0.05, 0) is 48.5 Å². The predicted molar refractivity (Wildman–Crippen MR) is 104 cm³/mol. The summed E-state index contributed by atoms with van der Waals surface area (Å²) in [5, 5.41) is 34.2. The number of carbonyl (C=O) groups is 1. The van der Waals surface area contributed by atoms with Crippen molar-refractivity contribution in [3.8, 4) is 0 Å². The average molecular weight is 376 g/mol. The third-order valence-electron chi connectivity index (χ3n) is 7.45. The zero-order valence-electron chi connectivity index (χ0n) is 16.4. The van der Waals surface area contributed by atoms with E-state index in [-0.39, 0.29) is 36.2 Å². The number of fused-ring (bicyclic) bond motifs is 1. The molecule has 4 N–H and O–H groups in total. The Kier molecular flexibility index (Phi) is 5.94. The van der Waals surface area contributed by atoms with E-state index in [0.29, 0.717) is 19.4 Å². The highest BCUT2D eigenvalue weighted by atomic mass is 16.3. The first-order chi connectivity index (χ1) is 12.8. The summed E-state index contributed by atoms with van der Waals surface area (Å²) in [6, 6.07) is 9.78. The number of hydrogen-bond acceptors (Lipinski definition) is 4. The van der Waals surface area contributed by atoms with Gasteiger partial charge in [-0.1, -0.05) is 44.2 Å². The Morgan fingerprint density at radius 1 is 1.15 bits per heavy atom. The average Bonchev–Trinajstić information content (AvgIpc) is 2.67. The minimum absolute atomic E-state index is 0.0541. The molecule has 2 aliphatic rings. The summed E-state index contributed by atoms with van der Waals surface area (Å²) in [4.78, 5) is 12.6. The molecule has 5 heteroatoms. The van der Waals surface area contributed by atoms with Crippen molar-refractivity contribution in [3.63, 3.8) is 0 Å². The van der Waals surface area contributed by atoms with E-state index in [2.05, 4.69) is 12.2 Å². The molecule has 2 aliphatic carbocycles. The van der Waals surface area contributed by atoms with Crippen LogP contribution in [0.5, 0.6) is 0 Å². The fraction of sp³-hybridized carbons (Fsp3) is 0.682. The molecule has 0 unspecified atom stereocenters. The first-order valence-corrected chi connectivity index (χ1v) is 10.1. The molecule has 0 aliphatic heterocycles. The molecule has 5 nitrogen and oxygen atoms in total. The molecule has 1 amide bonds. The minimum atomic E-state index is -0.577. The summed E-state index contributed by atoms with van der Waals surface area (Å²) in [5.74, 6) is -0.124. The van der Waals surface area contributed by atoms with E-state index in [9.17, 15) is 20.1 Å². The van der Waals surface area contributed by atoms with Crippen molar-refractivity contribution in [2.75, 3.05) is 6.61 Å². The summed E-state index contributed by atoms with van der Waals surface area (Å²) in [7, 11) is 0. The van der Waals surface area contributed by atoms with Gasteiger partial charge < -0.3 is 20.6 Å². The Morgan fingerprint density at radius 3 is 2.52 bits per heavy atom. The topological polar surface area (TPSA) is 89.8 Å². The van der Waals surface area contributed by atoms with Crippen LogP contribution >= 0.6 is 0 Å². The van der Waals surface area contributed by atoms with Crippen LogP contribution < -0.4 is 5.32 Å². The van der Waals surface area contributed by atoms with Gasteiger partial charge in [0.2, 0.25) is 5.91 Å². The third-order valence-corrected chi connectivity index (χ3v) is 7.45. The van der Waals surface area contributed by atoms with Crippen LogP contribution in [0.15, 0.2) is 30.3 Å². The van der Waals surface area contributed by atoms with Crippen LogP contribution in [0.2, 0.25) is 0 Å². The lowest BCUT2D eigenvalue weighted by atomic mass is 9.46. The fourth-order valence-corrected chi connectivity index (χ4v) is 5.67. The molecular formula is C22H33NO4. The van der Waals surface area contributed by atoms with Crippen LogP contribution in [0, 0.1) is 22.7 Å². The molecule has 3 rings (SSSR count). The Morgan fingerprint density at radius 2 is 1.85 bits per heavy atom. The standard InChI is InChI=1S/C22H33NO4/c1-21-11-10-19(26)22(2,14-24)18(21)9-8-17(25)16(21)12-20(27)23-13-15-6-4-3-5-7-15/h3-7,16-19,24-26H,8-14H2,1-2H3,(H,23,27)/t16-,17-,18+,19-,21+,22+/m1/s1. The number of aliphatic hydroxyl groups excluding tert-OH is 3. The Balaban J connectivity index is 1.72. The lowest BCUT2D eigenvalue weighted by molar-refractivity contribution is -0.185. The molecule has 0 radical (unpaired) electrons. The number of benzene rings is 1. The second-order valence-electron chi connectivity index (χ2n) is 8.99. The second-order valence-corrected chi connectivity index (χ2v) is 8.99. The molecule has 0 aromatic heterocycles. The van der Waals surface area contributed by atoms with Crippen molar-refractivity contribution < 1.29 is 20.1 Å². The number of rotatable bonds is 5. The molecule has 1 aromatic rings. The molecule has 27 heavy (non-hydrogen) atoms. The van der Waals surface area contributed by atoms with Gasteiger partial charge in [0.1, 0.15) is 0 Å². The molecule has 0 bridgehead atoms. The van der Waals surface area contributed by atoms with E-state index in [1.165, 1.54) is 0 Å². The molecule has 0 heterocycles. The first kappa shape index (κ1) is 20.3. The number of nitrogens with one attached hydrogen (secondary N) is 1. The first-order valence-electron chi connectivity index (χ1n) is 10.1. The van der Waals surface area contributed by atoms with Crippen LogP contribution in [-0.4, -0.2) is 40.0 Å². The fourth-order valence-electron chi connectivity index (χ4n) is 5.67. The summed E-state index contributed by atoms with van der Waals surface area (Å²) in [6.07, 6.45) is 1.96. The van der Waals surface area contributed by atoms with Gasteiger partial charge in [-0.3, -0.25) is 4.79 Å². The SMILES string of the molecule is C[C@]1(CO)[C@H]2CC[C@@H](O)[C@@H](CC(=O)NCc3ccccc3)[C@]2(C)CC[C@H]1O. The molecule has 6 atom stereocenters. The summed E-state index contributed by atoms with van der Waals surface area (Å²) in [5.41, 5.74) is 0.206. The maximum atomic E-state index is 12.6. The molecule has 0 spiro atoms. The number of aliphatic hydroxyl groups is 3. The van der Waals surface area contributed by atoms with Crippen molar-refractivity contribution in [2.45, 2.75) is 64.7 Å². The number of carbonyl (C=O) groups excluding carboxylic acids is 1. The lowest BCUT2D eigenvalue weighted by Gasteiger charge is -2.60. The van der Waals surface area contributed by atoms with Crippen LogP contribution in [0.4, 0.5) is 0 Å². The number of amides is 1. The van der Waals surface area contributed by atoms with Gasteiger partial charge in [-0.2, -0.15) is 0 Å². The monoisotopic (exact) mass is 375 g/mol. The normalized spacial score (nSPS) is 38.9. The molecule has 2 fully saturated rings. The van der Waals surface area contributed by atoms with Crippen LogP contribution in [-0.2, 0) is 11.3 Å². The zero-order chi connectivity index (χ0) is 19.7. The Bertz CT molecular complexity index is 651. The van der Waals surface area contributed by atoms with E-state index < -0.39 is 17.6 Å². The van der Waals surface area contributed by atoms with Crippen molar-refractivity contribution in [1.29, 1.82) is 0 Å². The van der Waals surface area contributed by atoms with Crippen molar-refractivity contribution in [2.24, 2.45) is 22.7 Å². The molecule has 1 aromatic carbocycles. The van der Waals surface area contributed by atoms with Gasteiger partial charge in [0.15, 0.2) is 0 Å². The summed E-state index contributed by atoms with van der Waals surface area (Å²) in [6.45, 7) is 4.49. The smallest absolute Gasteiger partial charge is 0.220 e. The molecular weight excluding hydrogens is 342 g/mol. The molecule has 2 saturated carbocycles. The largest absolute Gasteiger partial charge is 0.396 e. The quantitative estimate of drug-likeness (QED) is 0.635. The van der Waals surface area contributed by atoms with E-state index in [1.807, 2.05) is 37.3 Å². The zero-order valence-corrected chi connectivity index (χ0v) is 16.4. The highest BCUT2D eigenvalue weighted by molar-refractivity contribution is 5.76. The molecule has 150 valence electrons. The van der Waals surface area contributed by atoms with Crippen LogP contribution in [0.25, 0.3) is 0 Å².